The highest BCUT2D eigenvalue weighted by atomic mass is 35.5. The van der Waals surface area contributed by atoms with Gasteiger partial charge in [-0.1, -0.05) is 17.7 Å². The van der Waals surface area contributed by atoms with Crippen LogP contribution in [-0.4, -0.2) is 9.91 Å². The van der Waals surface area contributed by atoms with Gasteiger partial charge in [-0.3, -0.25) is 10.1 Å². The van der Waals surface area contributed by atoms with E-state index in [1.807, 2.05) is 5.38 Å². The molecular formula is C10H8ClN3O2S. The number of rotatable bonds is 3. The Bertz CT molecular complexity index is 570. The summed E-state index contributed by atoms with van der Waals surface area (Å²) in [4.78, 5) is 14.5. The zero-order chi connectivity index (χ0) is 12.4. The molecule has 0 atom stereocenters. The van der Waals surface area contributed by atoms with Gasteiger partial charge in [0, 0.05) is 23.6 Å². The van der Waals surface area contributed by atoms with E-state index in [9.17, 15) is 10.1 Å². The maximum absolute atomic E-state index is 10.7. The highest BCUT2D eigenvalue weighted by molar-refractivity contribution is 7.09. The third-order valence-corrected chi connectivity index (χ3v) is 3.36. The molecule has 1 heterocycles. The molecule has 0 bridgehead atoms. The number of nitrogens with zero attached hydrogens (tertiary/aromatic N) is 2. The van der Waals surface area contributed by atoms with E-state index in [0.717, 1.165) is 5.01 Å². The average Bonchev–Trinajstić information content (AvgIpc) is 2.78. The molecule has 88 valence electrons. The summed E-state index contributed by atoms with van der Waals surface area (Å²) in [5.74, 6) is 0. The highest BCUT2D eigenvalue weighted by Crippen LogP contribution is 2.30. The number of nitro benzene ring substituents is 1. The molecule has 0 amide bonds. The van der Waals surface area contributed by atoms with E-state index in [2.05, 4.69) is 4.98 Å². The largest absolute Gasteiger partial charge is 0.325 e. The molecule has 0 saturated heterocycles. The summed E-state index contributed by atoms with van der Waals surface area (Å²) in [5.41, 5.74) is 6.68. The van der Waals surface area contributed by atoms with Crippen molar-refractivity contribution in [2.45, 2.75) is 6.54 Å². The number of thiazole rings is 1. The lowest BCUT2D eigenvalue weighted by Gasteiger charge is -1.99. The van der Waals surface area contributed by atoms with E-state index in [1.54, 1.807) is 6.07 Å². The molecule has 5 nitrogen and oxygen atoms in total. The van der Waals surface area contributed by atoms with Crippen molar-refractivity contribution in [1.29, 1.82) is 0 Å². The molecule has 0 fully saturated rings. The van der Waals surface area contributed by atoms with Crippen LogP contribution in [-0.2, 0) is 6.54 Å². The zero-order valence-corrected chi connectivity index (χ0v) is 10.2. The monoisotopic (exact) mass is 269 g/mol. The molecule has 2 rings (SSSR count). The topological polar surface area (TPSA) is 82.0 Å². The van der Waals surface area contributed by atoms with Gasteiger partial charge in [-0.2, -0.15) is 0 Å². The number of hydrogen-bond acceptors (Lipinski definition) is 5. The van der Waals surface area contributed by atoms with E-state index in [4.69, 9.17) is 17.3 Å². The molecule has 17 heavy (non-hydrogen) atoms. The summed E-state index contributed by atoms with van der Waals surface area (Å²) >= 11 is 7.16. The standard InChI is InChI=1S/C10H8ClN3O2S/c11-7-2-1-6(3-9(7)14(15)16)8-5-17-10(4-12)13-8/h1-3,5H,4,12H2. The SMILES string of the molecule is NCc1nc(-c2ccc(Cl)c([N+](=O)[O-])c2)cs1. The third-order valence-electron chi connectivity index (χ3n) is 2.16. The van der Waals surface area contributed by atoms with Gasteiger partial charge in [0.05, 0.1) is 10.6 Å². The predicted octanol–water partition coefficient (Wildman–Crippen LogP) is 2.83. The maximum Gasteiger partial charge on any atom is 0.288 e. The van der Waals surface area contributed by atoms with Gasteiger partial charge < -0.3 is 5.73 Å². The fourth-order valence-corrected chi connectivity index (χ4v) is 2.22. The molecule has 7 heteroatoms. The second-order valence-electron chi connectivity index (χ2n) is 3.25. The van der Waals surface area contributed by atoms with Crippen molar-refractivity contribution < 1.29 is 4.92 Å². The molecule has 0 radical (unpaired) electrons. The van der Waals surface area contributed by atoms with Gasteiger partial charge in [-0.25, -0.2) is 4.98 Å². The van der Waals surface area contributed by atoms with Gasteiger partial charge in [0.25, 0.3) is 5.69 Å². The molecule has 1 aromatic heterocycles. The van der Waals surface area contributed by atoms with E-state index in [-0.39, 0.29) is 10.7 Å². The summed E-state index contributed by atoms with van der Waals surface area (Å²) < 4.78 is 0. The first kappa shape index (κ1) is 12.0. The van der Waals surface area contributed by atoms with Crippen LogP contribution in [0.5, 0.6) is 0 Å². The van der Waals surface area contributed by atoms with E-state index >= 15 is 0 Å². The normalized spacial score (nSPS) is 10.5. The van der Waals surface area contributed by atoms with Crippen LogP contribution in [0.1, 0.15) is 5.01 Å². The smallest absolute Gasteiger partial charge is 0.288 e. The summed E-state index contributed by atoms with van der Waals surface area (Å²) in [5, 5.41) is 13.5. The first-order valence-electron chi connectivity index (χ1n) is 4.70. The van der Waals surface area contributed by atoms with E-state index in [1.165, 1.54) is 23.5 Å². The van der Waals surface area contributed by atoms with Crippen molar-refractivity contribution >= 4 is 28.6 Å². The lowest BCUT2D eigenvalue weighted by molar-refractivity contribution is -0.384. The van der Waals surface area contributed by atoms with E-state index in [0.29, 0.717) is 17.8 Å². The summed E-state index contributed by atoms with van der Waals surface area (Å²) in [6.45, 7) is 0.361. The quantitative estimate of drug-likeness (QED) is 0.686. The van der Waals surface area contributed by atoms with Crippen LogP contribution < -0.4 is 5.73 Å². The number of hydrogen-bond donors (Lipinski definition) is 1. The van der Waals surface area contributed by atoms with Crippen LogP contribution in [0, 0.1) is 10.1 Å². The van der Waals surface area contributed by atoms with Crippen molar-refractivity contribution in [2.75, 3.05) is 0 Å². The molecule has 2 aromatic rings. The Morgan fingerprint density at radius 2 is 2.29 bits per heavy atom. The van der Waals surface area contributed by atoms with Gasteiger partial charge in [0.1, 0.15) is 10.0 Å². The first-order valence-corrected chi connectivity index (χ1v) is 5.96. The lowest BCUT2D eigenvalue weighted by atomic mass is 10.1. The molecule has 0 unspecified atom stereocenters. The molecule has 0 aliphatic heterocycles. The first-order chi connectivity index (χ1) is 8.11. The minimum atomic E-state index is -0.512. The molecule has 0 aliphatic carbocycles. The van der Waals surface area contributed by atoms with Crippen molar-refractivity contribution in [3.63, 3.8) is 0 Å². The van der Waals surface area contributed by atoms with Crippen molar-refractivity contribution in [3.05, 3.63) is 43.7 Å². The second kappa shape index (κ2) is 4.79. The number of aromatic nitrogens is 1. The molecule has 0 aliphatic rings. The summed E-state index contributed by atoms with van der Waals surface area (Å²) in [7, 11) is 0. The van der Waals surface area contributed by atoms with Crippen LogP contribution >= 0.6 is 22.9 Å². The van der Waals surface area contributed by atoms with Gasteiger partial charge in [-0.15, -0.1) is 11.3 Å². The van der Waals surface area contributed by atoms with Crippen LogP contribution in [0.25, 0.3) is 11.3 Å². The minimum absolute atomic E-state index is 0.119. The van der Waals surface area contributed by atoms with Gasteiger partial charge in [0.15, 0.2) is 0 Å². The summed E-state index contributed by atoms with van der Waals surface area (Å²) in [6.07, 6.45) is 0. The number of nitrogens with two attached hydrogens (primary N) is 1. The van der Waals surface area contributed by atoms with Crippen LogP contribution in [0.3, 0.4) is 0 Å². The highest BCUT2D eigenvalue weighted by Gasteiger charge is 2.14. The molecular weight excluding hydrogens is 262 g/mol. The number of halogens is 1. The third kappa shape index (κ3) is 2.44. The summed E-state index contributed by atoms with van der Waals surface area (Å²) in [6, 6.07) is 4.61. The van der Waals surface area contributed by atoms with Crippen LogP contribution in [0.4, 0.5) is 5.69 Å². The Balaban J connectivity index is 2.46. The number of nitro groups is 1. The average molecular weight is 270 g/mol. The molecule has 2 N–H and O–H groups in total. The minimum Gasteiger partial charge on any atom is -0.325 e. The van der Waals surface area contributed by atoms with Crippen molar-refractivity contribution in [1.82, 2.24) is 4.98 Å². The van der Waals surface area contributed by atoms with Gasteiger partial charge in [-0.05, 0) is 6.07 Å². The fraction of sp³-hybridized carbons (Fsp3) is 0.100. The predicted molar refractivity (Wildman–Crippen MR) is 67.1 cm³/mol. The molecule has 0 spiro atoms. The van der Waals surface area contributed by atoms with E-state index < -0.39 is 4.92 Å². The Morgan fingerprint density at radius 3 is 2.88 bits per heavy atom. The Morgan fingerprint density at radius 1 is 1.53 bits per heavy atom. The van der Waals surface area contributed by atoms with Crippen molar-refractivity contribution in [2.24, 2.45) is 5.73 Å². The van der Waals surface area contributed by atoms with Gasteiger partial charge in [0.2, 0.25) is 0 Å². The Labute approximate surface area is 106 Å². The van der Waals surface area contributed by atoms with Crippen molar-refractivity contribution in [3.8, 4) is 11.3 Å². The second-order valence-corrected chi connectivity index (χ2v) is 4.60. The fourth-order valence-electron chi connectivity index (χ4n) is 1.35. The molecule has 1 aromatic carbocycles. The van der Waals surface area contributed by atoms with Crippen LogP contribution in [0.2, 0.25) is 5.02 Å². The lowest BCUT2D eigenvalue weighted by Crippen LogP contribution is -1.95. The van der Waals surface area contributed by atoms with Crippen LogP contribution in [0.15, 0.2) is 23.6 Å². The maximum atomic E-state index is 10.7. The zero-order valence-electron chi connectivity index (χ0n) is 8.59. The van der Waals surface area contributed by atoms with Gasteiger partial charge >= 0.3 is 0 Å². The number of benzene rings is 1. The molecule has 0 saturated carbocycles. The Kier molecular flexibility index (Phi) is 3.37. The Hall–Kier alpha value is -1.50.